The third kappa shape index (κ3) is 4.91. The Bertz CT molecular complexity index is 1210. The smallest absolute Gasteiger partial charge is 0.328 e. The van der Waals surface area contributed by atoms with Crippen molar-refractivity contribution >= 4 is 29.3 Å². The van der Waals surface area contributed by atoms with Crippen molar-refractivity contribution in [1.29, 1.82) is 0 Å². The van der Waals surface area contributed by atoms with Gasteiger partial charge in [-0.3, -0.25) is 24.3 Å². The maximum atomic E-state index is 13.1. The van der Waals surface area contributed by atoms with Crippen LogP contribution in [-0.4, -0.2) is 57.0 Å². The number of aliphatic hydroxyl groups excluding tert-OH is 1. The van der Waals surface area contributed by atoms with Crippen LogP contribution in [0.4, 0.5) is 0 Å². The van der Waals surface area contributed by atoms with Crippen LogP contribution >= 0.6 is 0 Å². The Labute approximate surface area is 202 Å². The van der Waals surface area contributed by atoms with Gasteiger partial charge < -0.3 is 10.2 Å². The highest BCUT2D eigenvalue weighted by Crippen LogP contribution is 2.34. The average Bonchev–Trinajstić information content (AvgIpc) is 3.09. The number of ketones is 1. The van der Waals surface area contributed by atoms with Gasteiger partial charge >= 0.3 is 5.97 Å². The van der Waals surface area contributed by atoms with Crippen LogP contribution in [0.25, 0.3) is 0 Å². The fourth-order valence-corrected chi connectivity index (χ4v) is 4.56. The lowest BCUT2D eigenvalue weighted by molar-refractivity contribution is -0.138. The molecule has 4 rings (SSSR count). The maximum Gasteiger partial charge on any atom is 0.328 e. The number of hydrogen-bond donors (Lipinski definition) is 2. The molecule has 2 aliphatic rings. The Morgan fingerprint density at radius 3 is 2.17 bits per heavy atom. The predicted octanol–water partition coefficient (Wildman–Crippen LogP) is 3.94. The highest BCUT2D eigenvalue weighted by Gasteiger charge is 2.35. The summed E-state index contributed by atoms with van der Waals surface area (Å²) in [6, 6.07) is 15.0. The molecular weight excluding hydrogens is 448 g/mol. The largest absolute Gasteiger partial charge is 0.511 e. The number of carbonyl (C=O) groups excluding carboxylic acids is 3. The molecule has 1 fully saturated rings. The summed E-state index contributed by atoms with van der Waals surface area (Å²) in [6.07, 6.45) is 0.788. The Kier molecular flexibility index (Phi) is 6.91. The SMILES string of the molecule is C[C@@H](N=C1C[C@H](c2ccccc2)CC(=O)C1=C(O)CCCN1C(=O)c2ccccc2C1=O)C(=O)O. The minimum atomic E-state index is -1.13. The second-order valence-electron chi connectivity index (χ2n) is 8.76. The lowest BCUT2D eigenvalue weighted by Crippen LogP contribution is -2.31. The molecule has 0 unspecified atom stereocenters. The van der Waals surface area contributed by atoms with E-state index >= 15 is 0 Å². The summed E-state index contributed by atoms with van der Waals surface area (Å²) in [7, 11) is 0. The van der Waals surface area contributed by atoms with Crippen LogP contribution in [0.5, 0.6) is 0 Å². The van der Waals surface area contributed by atoms with Crippen molar-refractivity contribution in [3.63, 3.8) is 0 Å². The van der Waals surface area contributed by atoms with Gasteiger partial charge in [-0.1, -0.05) is 42.5 Å². The molecule has 2 aromatic rings. The number of nitrogens with zero attached hydrogens (tertiary/aromatic N) is 2. The molecule has 0 radical (unpaired) electrons. The summed E-state index contributed by atoms with van der Waals surface area (Å²) in [4.78, 5) is 55.0. The molecule has 0 bridgehead atoms. The number of amides is 2. The van der Waals surface area contributed by atoms with Gasteiger partial charge in [0.15, 0.2) is 5.78 Å². The second-order valence-corrected chi connectivity index (χ2v) is 8.76. The second kappa shape index (κ2) is 10.0. The van der Waals surface area contributed by atoms with E-state index in [1.165, 1.54) is 6.92 Å². The van der Waals surface area contributed by atoms with E-state index in [4.69, 9.17) is 0 Å². The molecule has 2 N–H and O–H groups in total. The van der Waals surface area contributed by atoms with E-state index in [1.54, 1.807) is 24.3 Å². The van der Waals surface area contributed by atoms with Crippen LogP contribution in [-0.2, 0) is 9.59 Å². The number of allylic oxidation sites excluding steroid dienone is 2. The Morgan fingerprint density at radius 2 is 1.57 bits per heavy atom. The van der Waals surface area contributed by atoms with Crippen LogP contribution in [0.2, 0.25) is 0 Å². The fourth-order valence-electron chi connectivity index (χ4n) is 4.56. The first-order valence-electron chi connectivity index (χ1n) is 11.5. The summed E-state index contributed by atoms with van der Waals surface area (Å²) in [5.41, 5.74) is 1.97. The number of benzene rings is 2. The molecule has 8 heteroatoms. The molecule has 8 nitrogen and oxygen atoms in total. The zero-order chi connectivity index (χ0) is 25.1. The van der Waals surface area contributed by atoms with Crippen molar-refractivity contribution in [2.45, 2.75) is 44.6 Å². The monoisotopic (exact) mass is 474 g/mol. The number of carbonyl (C=O) groups is 4. The summed E-state index contributed by atoms with van der Waals surface area (Å²) in [5.74, 6) is -2.56. The van der Waals surface area contributed by atoms with Gasteiger partial charge in [0.2, 0.25) is 0 Å². The van der Waals surface area contributed by atoms with Gasteiger partial charge in [-0.05, 0) is 43.4 Å². The molecule has 0 saturated heterocycles. The van der Waals surface area contributed by atoms with Crippen molar-refractivity contribution in [3.05, 3.63) is 82.6 Å². The van der Waals surface area contributed by atoms with Gasteiger partial charge in [0.05, 0.1) is 22.4 Å². The quantitative estimate of drug-likeness (QED) is 0.356. The van der Waals surface area contributed by atoms with E-state index < -0.39 is 12.0 Å². The van der Waals surface area contributed by atoms with E-state index in [1.807, 2.05) is 30.3 Å². The summed E-state index contributed by atoms with van der Waals surface area (Å²) in [5, 5.41) is 20.2. The van der Waals surface area contributed by atoms with Crippen LogP contribution in [0.15, 0.2) is 70.9 Å². The third-order valence-electron chi connectivity index (χ3n) is 6.38. The highest BCUT2D eigenvalue weighted by molar-refractivity contribution is 6.25. The lowest BCUT2D eigenvalue weighted by Gasteiger charge is -2.26. The van der Waals surface area contributed by atoms with Gasteiger partial charge in [-0.15, -0.1) is 0 Å². The number of fused-ring (bicyclic) bond motifs is 1. The molecule has 1 saturated carbocycles. The van der Waals surface area contributed by atoms with E-state index in [0.717, 1.165) is 10.5 Å². The number of carboxylic acid groups (broad SMARTS) is 1. The first-order valence-corrected chi connectivity index (χ1v) is 11.5. The molecule has 1 heterocycles. The first kappa shape index (κ1) is 24.1. The molecule has 2 amide bonds. The van der Waals surface area contributed by atoms with Crippen molar-refractivity contribution in [1.82, 2.24) is 4.90 Å². The number of Topliss-reactive ketones (excluding diaryl/α,β-unsaturated/α-hetero) is 1. The third-order valence-corrected chi connectivity index (χ3v) is 6.38. The number of hydrogen-bond acceptors (Lipinski definition) is 6. The zero-order valence-electron chi connectivity index (χ0n) is 19.3. The van der Waals surface area contributed by atoms with Crippen LogP contribution < -0.4 is 0 Å². The molecule has 0 spiro atoms. The maximum absolute atomic E-state index is 13.1. The number of rotatable bonds is 7. The fraction of sp³-hybridized carbons (Fsp3) is 0.296. The van der Waals surface area contributed by atoms with Crippen molar-refractivity contribution in [2.24, 2.45) is 4.99 Å². The lowest BCUT2D eigenvalue weighted by atomic mass is 9.78. The first-order chi connectivity index (χ1) is 16.8. The number of aliphatic hydroxyl groups is 1. The van der Waals surface area contributed by atoms with Gasteiger partial charge in [-0.25, -0.2) is 4.79 Å². The van der Waals surface area contributed by atoms with Crippen molar-refractivity contribution in [3.8, 4) is 0 Å². The van der Waals surface area contributed by atoms with Gasteiger partial charge in [0.1, 0.15) is 11.8 Å². The minimum Gasteiger partial charge on any atom is -0.511 e. The summed E-state index contributed by atoms with van der Waals surface area (Å²) >= 11 is 0. The van der Waals surface area contributed by atoms with Crippen molar-refractivity contribution in [2.75, 3.05) is 6.54 Å². The number of aliphatic carboxylic acids is 1. The van der Waals surface area contributed by atoms with Crippen LogP contribution in [0.1, 0.15) is 64.8 Å². The minimum absolute atomic E-state index is 0.0466. The van der Waals surface area contributed by atoms with E-state index in [2.05, 4.69) is 4.99 Å². The standard InChI is InChI=1S/C27H26N2O6/c1-16(27(34)35)28-21-14-18(17-8-3-2-4-9-17)15-23(31)24(21)22(30)12-7-13-29-25(32)19-10-5-6-11-20(19)26(29)33/h2-6,8-11,16,18,30H,7,12-15H2,1H3,(H,34,35)/t16-,18+/m1/s1. The number of carboxylic acids is 1. The average molecular weight is 475 g/mol. The summed E-state index contributed by atoms with van der Waals surface area (Å²) in [6.45, 7) is 1.51. The van der Waals surface area contributed by atoms with Gasteiger partial charge in [-0.2, -0.15) is 0 Å². The van der Waals surface area contributed by atoms with Crippen molar-refractivity contribution < 1.29 is 29.4 Å². The Balaban J connectivity index is 1.52. The molecule has 2 aromatic carbocycles. The van der Waals surface area contributed by atoms with E-state index in [9.17, 15) is 29.4 Å². The Morgan fingerprint density at radius 1 is 0.971 bits per heavy atom. The summed E-state index contributed by atoms with van der Waals surface area (Å²) < 4.78 is 0. The van der Waals surface area contributed by atoms with Gasteiger partial charge in [0.25, 0.3) is 11.8 Å². The van der Waals surface area contributed by atoms with Crippen LogP contribution in [0.3, 0.4) is 0 Å². The van der Waals surface area contributed by atoms with Crippen LogP contribution in [0, 0.1) is 0 Å². The topological polar surface area (TPSA) is 124 Å². The Hall–Kier alpha value is -4.07. The molecule has 180 valence electrons. The molecule has 1 aliphatic heterocycles. The molecular formula is C27H26N2O6. The molecule has 0 aromatic heterocycles. The predicted molar refractivity (Wildman–Crippen MR) is 129 cm³/mol. The molecule has 2 atom stereocenters. The van der Waals surface area contributed by atoms with E-state index in [-0.39, 0.29) is 66.4 Å². The highest BCUT2D eigenvalue weighted by atomic mass is 16.4. The zero-order valence-corrected chi connectivity index (χ0v) is 19.3. The van der Waals surface area contributed by atoms with Gasteiger partial charge in [0, 0.05) is 19.4 Å². The molecule has 35 heavy (non-hydrogen) atoms. The number of aliphatic imine (C=N–C) groups is 1. The number of imide groups is 1. The normalized spacial score (nSPS) is 21.3. The molecule has 1 aliphatic carbocycles. The van der Waals surface area contributed by atoms with E-state index in [0.29, 0.717) is 17.5 Å².